The molecule has 2 heterocycles. The third-order valence-electron chi connectivity index (χ3n) is 6.61. The largest absolute Gasteiger partial charge is 0.466 e. The molecule has 7 heteroatoms. The molecule has 0 radical (unpaired) electrons. The predicted octanol–water partition coefficient (Wildman–Crippen LogP) is 6.31. The standard InChI is InChI=1S/C26H35ClN2O4/c1-4-33-24(30)26(2,3)15-9-5-6-12-23(20-10-7-8-11-21(20)27)28-16-14-22-19(18-28)13-17-29(22)25(31)32/h7-8,10-11,13,17,23H,4-6,9,12,14-16,18H2,1-3H3,(H,31,32). The molecule has 6 nitrogen and oxygen atoms in total. The van der Waals surface area contributed by atoms with E-state index in [4.69, 9.17) is 16.3 Å². The summed E-state index contributed by atoms with van der Waals surface area (Å²) in [5.41, 5.74) is 2.61. The fourth-order valence-corrected chi connectivity index (χ4v) is 4.97. The molecule has 2 aromatic rings. The molecule has 1 unspecified atom stereocenters. The summed E-state index contributed by atoms with van der Waals surface area (Å²) in [6, 6.07) is 10.1. The Hall–Kier alpha value is -2.31. The molecule has 0 bridgehead atoms. The zero-order valence-corrected chi connectivity index (χ0v) is 20.6. The van der Waals surface area contributed by atoms with E-state index < -0.39 is 11.5 Å². The fraction of sp³-hybridized carbons (Fsp3) is 0.538. The van der Waals surface area contributed by atoms with E-state index in [9.17, 15) is 14.7 Å². The van der Waals surface area contributed by atoms with Crippen LogP contribution in [0.3, 0.4) is 0 Å². The molecule has 1 aromatic carbocycles. The Morgan fingerprint density at radius 3 is 2.64 bits per heavy atom. The lowest BCUT2D eigenvalue weighted by Crippen LogP contribution is -2.35. The highest BCUT2D eigenvalue weighted by atomic mass is 35.5. The van der Waals surface area contributed by atoms with Gasteiger partial charge in [-0.1, -0.05) is 49.1 Å². The van der Waals surface area contributed by atoms with Crippen LogP contribution in [0.15, 0.2) is 36.5 Å². The molecule has 0 saturated heterocycles. The van der Waals surface area contributed by atoms with Gasteiger partial charge >= 0.3 is 12.1 Å². The highest BCUT2D eigenvalue weighted by molar-refractivity contribution is 6.31. The summed E-state index contributed by atoms with van der Waals surface area (Å²) < 4.78 is 6.53. The second kappa shape index (κ2) is 11.2. The Morgan fingerprint density at radius 2 is 1.94 bits per heavy atom. The van der Waals surface area contributed by atoms with Gasteiger partial charge in [0.15, 0.2) is 0 Å². The topological polar surface area (TPSA) is 71.8 Å². The molecule has 0 amide bonds. The number of benzene rings is 1. The minimum Gasteiger partial charge on any atom is -0.466 e. The number of carbonyl (C=O) groups excluding carboxylic acids is 1. The molecule has 1 aliphatic rings. The van der Waals surface area contributed by atoms with Crippen LogP contribution in [0.1, 0.15) is 75.7 Å². The van der Waals surface area contributed by atoms with Crippen molar-refractivity contribution < 1.29 is 19.4 Å². The van der Waals surface area contributed by atoms with Crippen molar-refractivity contribution in [2.24, 2.45) is 5.41 Å². The van der Waals surface area contributed by atoms with Crippen LogP contribution in [0.4, 0.5) is 4.79 Å². The average molecular weight is 475 g/mol. The number of rotatable bonds is 10. The molecule has 33 heavy (non-hydrogen) atoms. The van der Waals surface area contributed by atoms with Gasteiger partial charge in [0, 0.05) is 42.5 Å². The Bertz CT molecular complexity index is 969. The summed E-state index contributed by atoms with van der Waals surface area (Å²) in [4.78, 5) is 26.0. The third kappa shape index (κ3) is 6.18. The number of carboxylic acid groups (broad SMARTS) is 1. The van der Waals surface area contributed by atoms with Crippen LogP contribution in [0.5, 0.6) is 0 Å². The van der Waals surface area contributed by atoms with Gasteiger partial charge in [-0.2, -0.15) is 0 Å². The SMILES string of the molecule is CCOC(=O)C(C)(C)CCCCCC(c1ccccc1Cl)N1CCc2c(ccn2C(=O)O)C1. The zero-order chi connectivity index (χ0) is 24.0. The maximum Gasteiger partial charge on any atom is 0.415 e. The van der Waals surface area contributed by atoms with Gasteiger partial charge in [0.1, 0.15) is 0 Å². The number of halogens is 1. The molecule has 1 N–H and O–H groups in total. The number of aromatic nitrogens is 1. The van der Waals surface area contributed by atoms with Crippen molar-refractivity contribution in [1.29, 1.82) is 0 Å². The normalized spacial score (nSPS) is 15.2. The number of esters is 1. The summed E-state index contributed by atoms with van der Waals surface area (Å²) in [6.45, 7) is 7.65. The van der Waals surface area contributed by atoms with Gasteiger partial charge in [0.25, 0.3) is 0 Å². The molecule has 0 aliphatic carbocycles. The number of nitrogens with zero attached hydrogens (tertiary/aromatic N) is 2. The Morgan fingerprint density at radius 1 is 1.18 bits per heavy atom. The fourth-order valence-electron chi connectivity index (χ4n) is 4.71. The molecule has 1 aromatic heterocycles. The molecule has 0 spiro atoms. The van der Waals surface area contributed by atoms with Crippen molar-refractivity contribution in [2.45, 2.75) is 71.9 Å². The summed E-state index contributed by atoms with van der Waals surface area (Å²) in [6.07, 6.45) is 6.18. The van der Waals surface area contributed by atoms with Crippen LogP contribution in [-0.2, 0) is 22.5 Å². The first-order valence-corrected chi connectivity index (χ1v) is 12.2. The molecular formula is C26H35ClN2O4. The Balaban J connectivity index is 1.65. The van der Waals surface area contributed by atoms with Gasteiger partial charge in [-0.25, -0.2) is 4.79 Å². The van der Waals surface area contributed by atoms with E-state index in [-0.39, 0.29) is 12.0 Å². The number of fused-ring (bicyclic) bond motifs is 1. The molecule has 3 rings (SSSR count). The second-order valence-corrected chi connectivity index (χ2v) is 9.81. The highest BCUT2D eigenvalue weighted by Crippen LogP contribution is 2.36. The van der Waals surface area contributed by atoms with Crippen molar-refractivity contribution in [2.75, 3.05) is 13.2 Å². The first-order valence-electron chi connectivity index (χ1n) is 11.8. The Labute approximate surface area is 201 Å². The lowest BCUT2D eigenvalue weighted by molar-refractivity contribution is -0.153. The van der Waals surface area contributed by atoms with Gasteiger partial charge in [-0.15, -0.1) is 0 Å². The maximum absolute atomic E-state index is 12.1. The smallest absolute Gasteiger partial charge is 0.415 e. The van der Waals surface area contributed by atoms with Crippen LogP contribution >= 0.6 is 11.6 Å². The quantitative estimate of drug-likeness (QED) is 0.323. The van der Waals surface area contributed by atoms with Gasteiger partial charge in [-0.05, 0) is 56.9 Å². The van der Waals surface area contributed by atoms with E-state index in [0.29, 0.717) is 19.6 Å². The van der Waals surface area contributed by atoms with E-state index >= 15 is 0 Å². The van der Waals surface area contributed by atoms with Crippen molar-refractivity contribution in [3.63, 3.8) is 0 Å². The van der Waals surface area contributed by atoms with Gasteiger partial charge in [0.2, 0.25) is 0 Å². The molecule has 1 aliphatic heterocycles. The Kier molecular flexibility index (Phi) is 8.60. The first kappa shape index (κ1) is 25.3. The lowest BCUT2D eigenvalue weighted by atomic mass is 9.86. The van der Waals surface area contributed by atoms with E-state index in [1.807, 2.05) is 45.0 Å². The van der Waals surface area contributed by atoms with Crippen molar-refractivity contribution >= 4 is 23.7 Å². The zero-order valence-electron chi connectivity index (χ0n) is 19.8. The minimum absolute atomic E-state index is 0.128. The van der Waals surface area contributed by atoms with Crippen LogP contribution in [0.2, 0.25) is 5.02 Å². The number of unbranched alkanes of at least 4 members (excludes halogenated alkanes) is 2. The summed E-state index contributed by atoms with van der Waals surface area (Å²) >= 11 is 6.59. The second-order valence-electron chi connectivity index (χ2n) is 9.40. The summed E-state index contributed by atoms with van der Waals surface area (Å²) in [7, 11) is 0. The van der Waals surface area contributed by atoms with Crippen molar-refractivity contribution in [1.82, 2.24) is 9.47 Å². The highest BCUT2D eigenvalue weighted by Gasteiger charge is 2.30. The average Bonchev–Trinajstić information content (AvgIpc) is 3.21. The van der Waals surface area contributed by atoms with E-state index in [1.165, 1.54) is 4.57 Å². The molecule has 1 atom stereocenters. The number of hydrogen-bond acceptors (Lipinski definition) is 4. The van der Waals surface area contributed by atoms with Crippen LogP contribution in [0.25, 0.3) is 0 Å². The summed E-state index contributed by atoms with van der Waals surface area (Å²) in [5.74, 6) is -0.128. The summed E-state index contributed by atoms with van der Waals surface area (Å²) in [5, 5.41) is 10.2. The van der Waals surface area contributed by atoms with Gasteiger partial charge in [0.05, 0.1) is 12.0 Å². The molecule has 0 fully saturated rings. The molecule has 180 valence electrons. The first-order chi connectivity index (χ1) is 15.7. The van der Waals surface area contributed by atoms with Crippen molar-refractivity contribution in [3.05, 3.63) is 58.4 Å². The van der Waals surface area contributed by atoms with Crippen molar-refractivity contribution in [3.8, 4) is 0 Å². The van der Waals surface area contributed by atoms with Gasteiger partial charge < -0.3 is 9.84 Å². The van der Waals surface area contributed by atoms with Crippen LogP contribution < -0.4 is 0 Å². The van der Waals surface area contributed by atoms with Gasteiger partial charge in [-0.3, -0.25) is 14.3 Å². The van der Waals surface area contributed by atoms with E-state index in [2.05, 4.69) is 11.0 Å². The van der Waals surface area contributed by atoms with Crippen LogP contribution in [-0.4, -0.2) is 39.8 Å². The monoisotopic (exact) mass is 474 g/mol. The number of ether oxygens (including phenoxy) is 1. The molecular weight excluding hydrogens is 440 g/mol. The minimum atomic E-state index is -0.932. The number of carbonyl (C=O) groups is 2. The van der Waals surface area contributed by atoms with E-state index in [0.717, 1.165) is 60.5 Å². The lowest BCUT2D eigenvalue weighted by Gasteiger charge is -2.36. The molecule has 0 saturated carbocycles. The van der Waals surface area contributed by atoms with Crippen LogP contribution in [0, 0.1) is 5.41 Å². The number of hydrogen-bond donors (Lipinski definition) is 1. The predicted molar refractivity (Wildman–Crippen MR) is 130 cm³/mol. The third-order valence-corrected chi connectivity index (χ3v) is 6.96. The maximum atomic E-state index is 12.1. The van der Waals surface area contributed by atoms with E-state index in [1.54, 1.807) is 6.20 Å².